The molecule has 1 N–H and O–H groups in total. The normalized spacial score (nSPS) is 18.4. The summed E-state index contributed by atoms with van der Waals surface area (Å²) >= 11 is 0. The average Bonchev–Trinajstić information content (AvgIpc) is 2.98. The first-order chi connectivity index (χ1) is 11.2. The lowest BCUT2D eigenvalue weighted by Crippen LogP contribution is -2.34. The van der Waals surface area contributed by atoms with Gasteiger partial charge < -0.3 is 14.5 Å². The van der Waals surface area contributed by atoms with Crippen molar-refractivity contribution in [1.82, 2.24) is 10.4 Å². The van der Waals surface area contributed by atoms with Gasteiger partial charge in [-0.1, -0.05) is 27.7 Å². The molecule has 1 unspecified atom stereocenters. The third kappa shape index (κ3) is 4.35. The summed E-state index contributed by atoms with van der Waals surface area (Å²) in [5, 5.41) is 1.91. The average molecular weight is 318 g/mol. The first-order valence-electron chi connectivity index (χ1n) is 8.63. The molecule has 0 aromatic heterocycles. The van der Waals surface area contributed by atoms with E-state index >= 15 is 0 Å². The summed E-state index contributed by atoms with van der Waals surface area (Å²) in [6.45, 7) is 10.9. The minimum Gasteiger partial charge on any atom is -0.493 e. The Balaban J connectivity index is 0.000000615. The van der Waals surface area contributed by atoms with Gasteiger partial charge in [0.2, 0.25) is 0 Å². The number of aryl methyl sites for hydroxylation is 2. The van der Waals surface area contributed by atoms with Crippen LogP contribution < -0.4 is 10.2 Å². The predicted octanol–water partition coefficient (Wildman–Crippen LogP) is 3.73. The van der Waals surface area contributed by atoms with Crippen molar-refractivity contribution in [3.8, 4) is 5.75 Å². The fourth-order valence-corrected chi connectivity index (χ4v) is 2.73. The first-order valence-corrected chi connectivity index (χ1v) is 8.63. The second-order valence-corrected chi connectivity index (χ2v) is 5.13. The molecule has 0 bridgehead atoms. The number of nitrogens with one attached hydrogen (secondary N) is 1. The summed E-state index contributed by atoms with van der Waals surface area (Å²) in [5.74, 6) is 1.01. The van der Waals surface area contributed by atoms with Crippen LogP contribution >= 0.6 is 0 Å². The molecule has 2 aliphatic rings. The summed E-state index contributed by atoms with van der Waals surface area (Å²) in [4.78, 5) is 10.9. The van der Waals surface area contributed by atoms with Crippen molar-refractivity contribution in [2.75, 3.05) is 13.7 Å². The Morgan fingerprint density at radius 3 is 2.57 bits per heavy atom. The molecule has 4 nitrogen and oxygen atoms in total. The fraction of sp³-hybridized carbons (Fsp3) is 0.526. The maximum Gasteiger partial charge on any atom is 0.142 e. The molecular weight excluding hydrogens is 288 g/mol. The Labute approximate surface area is 140 Å². The van der Waals surface area contributed by atoms with Crippen molar-refractivity contribution in [3.63, 3.8) is 0 Å². The third-order valence-corrected chi connectivity index (χ3v) is 3.72. The summed E-state index contributed by atoms with van der Waals surface area (Å²) in [6, 6.07) is 4.07. The first kappa shape index (κ1) is 19.2. The van der Waals surface area contributed by atoms with E-state index in [1.54, 1.807) is 0 Å². The molecule has 3 rings (SSSR count). The third-order valence-electron chi connectivity index (χ3n) is 3.72. The second-order valence-electron chi connectivity index (χ2n) is 5.13. The smallest absolute Gasteiger partial charge is 0.142 e. The number of carbonyl (C=O) groups is 1. The van der Waals surface area contributed by atoms with Crippen LogP contribution in [0.5, 0.6) is 5.75 Å². The number of rotatable bonds is 2. The Bertz CT molecular complexity index is 553. The van der Waals surface area contributed by atoms with Crippen LogP contribution in [-0.4, -0.2) is 31.0 Å². The van der Waals surface area contributed by atoms with E-state index in [2.05, 4.69) is 24.5 Å². The quantitative estimate of drug-likeness (QED) is 0.844. The zero-order valence-electron chi connectivity index (χ0n) is 15.3. The maximum absolute atomic E-state index is 10.9. The summed E-state index contributed by atoms with van der Waals surface area (Å²) in [5.41, 5.74) is 7.76. The minimum atomic E-state index is -0.230. The molecule has 128 valence electrons. The van der Waals surface area contributed by atoms with Gasteiger partial charge in [0, 0.05) is 12.6 Å². The molecule has 2 aliphatic heterocycles. The van der Waals surface area contributed by atoms with Gasteiger partial charge >= 0.3 is 0 Å². The zero-order valence-corrected chi connectivity index (χ0v) is 15.3. The highest BCUT2D eigenvalue weighted by molar-refractivity contribution is 5.76. The van der Waals surface area contributed by atoms with E-state index in [-0.39, 0.29) is 6.04 Å². The molecule has 0 saturated carbocycles. The number of ether oxygens (including phenoxy) is 1. The zero-order chi connectivity index (χ0) is 17.4. The predicted molar refractivity (Wildman–Crippen MR) is 96.4 cm³/mol. The number of aldehydes is 1. The van der Waals surface area contributed by atoms with Crippen LogP contribution in [0.3, 0.4) is 0 Å². The molecule has 0 saturated heterocycles. The summed E-state index contributed by atoms with van der Waals surface area (Å²) in [7, 11) is 1.94. The Hall–Kier alpha value is -1.81. The number of hydrogen-bond donors (Lipinski definition) is 1. The number of hydrogen-bond acceptors (Lipinski definition) is 4. The van der Waals surface area contributed by atoms with Gasteiger partial charge in [-0.05, 0) is 49.1 Å². The highest BCUT2D eigenvalue weighted by Crippen LogP contribution is 2.33. The number of carbonyl (C=O) groups excluding carboxylic acids is 1. The van der Waals surface area contributed by atoms with Gasteiger partial charge in [0.1, 0.15) is 18.1 Å². The second kappa shape index (κ2) is 9.36. The lowest BCUT2D eigenvalue weighted by atomic mass is 9.97. The van der Waals surface area contributed by atoms with Crippen LogP contribution in [0.2, 0.25) is 0 Å². The topological polar surface area (TPSA) is 41.6 Å². The van der Waals surface area contributed by atoms with Crippen LogP contribution in [0.25, 0.3) is 5.70 Å². The highest BCUT2D eigenvalue weighted by atomic mass is 16.5. The molecule has 1 atom stereocenters. The van der Waals surface area contributed by atoms with E-state index in [0.717, 1.165) is 37.2 Å². The molecule has 1 aromatic carbocycles. The van der Waals surface area contributed by atoms with Crippen molar-refractivity contribution in [2.24, 2.45) is 0 Å². The van der Waals surface area contributed by atoms with Gasteiger partial charge in [-0.2, -0.15) is 0 Å². The molecule has 0 aliphatic carbocycles. The number of fused-ring (bicyclic) bond motifs is 1. The van der Waals surface area contributed by atoms with Crippen LogP contribution in [0, 0.1) is 6.92 Å². The lowest BCUT2D eigenvalue weighted by molar-refractivity contribution is -0.109. The van der Waals surface area contributed by atoms with Gasteiger partial charge in [0.15, 0.2) is 0 Å². The van der Waals surface area contributed by atoms with E-state index in [1.165, 1.54) is 16.7 Å². The molecule has 0 fully saturated rings. The number of nitrogens with zero attached hydrogens (tertiary/aromatic N) is 1. The number of benzene rings is 1. The van der Waals surface area contributed by atoms with Crippen LogP contribution in [0.1, 0.15) is 50.8 Å². The largest absolute Gasteiger partial charge is 0.493 e. The Morgan fingerprint density at radius 1 is 1.26 bits per heavy atom. The summed E-state index contributed by atoms with van der Waals surface area (Å²) in [6.07, 6.45) is 5.01. The van der Waals surface area contributed by atoms with Gasteiger partial charge in [-0.15, -0.1) is 0 Å². The van der Waals surface area contributed by atoms with Gasteiger partial charge in [-0.25, -0.2) is 5.43 Å². The SMILES string of the molecule is CC.CC.Cc1cc2c(cc1C1=CC(C=O)NN1C)CCCO2. The van der Waals surface area contributed by atoms with Crippen LogP contribution in [0.4, 0.5) is 0 Å². The maximum atomic E-state index is 10.9. The van der Waals surface area contributed by atoms with Crippen molar-refractivity contribution in [1.29, 1.82) is 0 Å². The molecular formula is C19H30N2O2. The van der Waals surface area contributed by atoms with Crippen molar-refractivity contribution >= 4 is 12.0 Å². The van der Waals surface area contributed by atoms with E-state index in [1.807, 2.05) is 45.8 Å². The van der Waals surface area contributed by atoms with Crippen LogP contribution in [0.15, 0.2) is 18.2 Å². The van der Waals surface area contributed by atoms with Crippen LogP contribution in [-0.2, 0) is 11.2 Å². The molecule has 0 amide bonds. The monoisotopic (exact) mass is 318 g/mol. The highest BCUT2D eigenvalue weighted by Gasteiger charge is 2.23. The van der Waals surface area contributed by atoms with E-state index in [4.69, 9.17) is 4.74 Å². The molecule has 4 heteroatoms. The van der Waals surface area contributed by atoms with Gasteiger partial charge in [0.05, 0.1) is 12.3 Å². The number of hydrazine groups is 1. The Morgan fingerprint density at radius 2 is 1.96 bits per heavy atom. The van der Waals surface area contributed by atoms with Crippen molar-refractivity contribution < 1.29 is 9.53 Å². The summed E-state index contributed by atoms with van der Waals surface area (Å²) < 4.78 is 5.69. The molecule has 0 radical (unpaired) electrons. The fourth-order valence-electron chi connectivity index (χ4n) is 2.73. The molecule has 2 heterocycles. The van der Waals surface area contributed by atoms with Crippen molar-refractivity contribution in [3.05, 3.63) is 34.9 Å². The molecule has 23 heavy (non-hydrogen) atoms. The Kier molecular flexibility index (Phi) is 7.83. The molecule has 1 aromatic rings. The standard InChI is InChI=1S/C15H18N2O2.2C2H6/c1-10-6-15-11(4-3-5-19-15)7-13(10)14-8-12(9-18)16-17(14)2;2*1-2/h6-9,12,16H,3-5H2,1-2H3;2*1-2H3. The van der Waals surface area contributed by atoms with Crippen molar-refractivity contribution in [2.45, 2.75) is 53.5 Å². The lowest BCUT2D eigenvalue weighted by Gasteiger charge is -2.23. The van der Waals surface area contributed by atoms with E-state index < -0.39 is 0 Å². The van der Waals surface area contributed by atoms with Gasteiger partial charge in [0.25, 0.3) is 0 Å². The van der Waals surface area contributed by atoms with Gasteiger partial charge in [-0.3, -0.25) is 0 Å². The minimum absolute atomic E-state index is 0.230. The molecule has 0 spiro atoms. The van der Waals surface area contributed by atoms with E-state index in [0.29, 0.717) is 0 Å². The van der Waals surface area contributed by atoms with E-state index in [9.17, 15) is 4.79 Å².